The summed E-state index contributed by atoms with van der Waals surface area (Å²) in [4.78, 5) is 29.8. The predicted octanol–water partition coefficient (Wildman–Crippen LogP) is 3.93. The van der Waals surface area contributed by atoms with Gasteiger partial charge in [0.25, 0.3) is 11.6 Å². The molecular formula is C20H19N3O5S. The topological polar surface area (TPSA) is 98.2 Å². The Bertz CT molecular complexity index is 1020. The highest BCUT2D eigenvalue weighted by Gasteiger charge is 2.31. The lowest BCUT2D eigenvalue weighted by molar-refractivity contribution is -0.384. The van der Waals surface area contributed by atoms with E-state index in [1.165, 1.54) is 17.8 Å². The van der Waals surface area contributed by atoms with Crippen LogP contribution in [0.3, 0.4) is 0 Å². The molecule has 0 radical (unpaired) electrons. The molecule has 1 aromatic heterocycles. The van der Waals surface area contributed by atoms with Crippen LogP contribution in [0, 0.1) is 10.1 Å². The normalized spacial score (nSPS) is 23.5. The molecule has 4 rings (SSSR count). The predicted molar refractivity (Wildman–Crippen MR) is 110 cm³/mol. The third-order valence-electron chi connectivity index (χ3n) is 4.57. The van der Waals surface area contributed by atoms with E-state index in [1.807, 2.05) is 13.8 Å². The first kappa shape index (κ1) is 19.4. The highest BCUT2D eigenvalue weighted by Crippen LogP contribution is 2.34. The minimum absolute atomic E-state index is 0.0338. The average Bonchev–Trinajstić information content (AvgIpc) is 3.28. The summed E-state index contributed by atoms with van der Waals surface area (Å²) in [5.74, 6) is 0.492. The number of carbonyl (C=O) groups is 1. The largest absolute Gasteiger partial charge is 0.456 e. The highest BCUT2D eigenvalue weighted by atomic mass is 32.2. The lowest BCUT2D eigenvalue weighted by Crippen LogP contribution is -2.47. The molecule has 1 amide bonds. The molecule has 0 N–H and O–H groups in total. The van der Waals surface area contributed by atoms with Gasteiger partial charge in [0, 0.05) is 25.2 Å². The number of rotatable bonds is 3. The standard InChI is InChI=1S/C20H19N3O5S/c1-12-10-22(11-13(2)27-12)20-21-19(24)18(29-20)9-14-7-8-17(28-14)15-5-3-4-6-16(15)23(25)26/h3-9,12-13H,10-11H2,1-2H3/b18-9-/t12-,13-/m1/s1. The lowest BCUT2D eigenvalue weighted by atomic mass is 10.1. The van der Waals surface area contributed by atoms with Gasteiger partial charge in [0.1, 0.15) is 11.5 Å². The van der Waals surface area contributed by atoms with Crippen LogP contribution in [-0.2, 0) is 9.53 Å². The third kappa shape index (κ3) is 4.10. The number of amidine groups is 1. The van der Waals surface area contributed by atoms with E-state index >= 15 is 0 Å². The third-order valence-corrected chi connectivity index (χ3v) is 5.61. The van der Waals surface area contributed by atoms with E-state index in [-0.39, 0.29) is 23.8 Å². The molecule has 150 valence electrons. The summed E-state index contributed by atoms with van der Waals surface area (Å²) in [6, 6.07) is 9.72. The molecular weight excluding hydrogens is 394 g/mol. The van der Waals surface area contributed by atoms with Crippen molar-refractivity contribution < 1.29 is 18.9 Å². The van der Waals surface area contributed by atoms with E-state index in [9.17, 15) is 14.9 Å². The van der Waals surface area contributed by atoms with Crippen molar-refractivity contribution in [2.75, 3.05) is 13.1 Å². The van der Waals surface area contributed by atoms with Gasteiger partial charge in [-0.25, -0.2) is 0 Å². The molecule has 1 aromatic carbocycles. The Morgan fingerprint density at radius 3 is 2.66 bits per heavy atom. The van der Waals surface area contributed by atoms with Gasteiger partial charge >= 0.3 is 0 Å². The Balaban J connectivity index is 1.53. The highest BCUT2D eigenvalue weighted by molar-refractivity contribution is 8.18. The smallest absolute Gasteiger partial charge is 0.286 e. The Labute approximate surface area is 171 Å². The first-order chi connectivity index (χ1) is 13.9. The second-order valence-electron chi connectivity index (χ2n) is 6.95. The van der Waals surface area contributed by atoms with Crippen LogP contribution < -0.4 is 0 Å². The van der Waals surface area contributed by atoms with Crippen molar-refractivity contribution in [3.05, 3.63) is 57.2 Å². The SMILES string of the molecule is C[C@@H]1CN(C2=NC(=O)/C(=C/c3ccc(-c4ccccc4[N+](=O)[O-])o3)S2)C[C@@H](C)O1. The molecule has 0 spiro atoms. The van der Waals surface area contributed by atoms with Gasteiger partial charge in [-0.2, -0.15) is 4.99 Å². The first-order valence-corrected chi connectivity index (χ1v) is 9.99. The number of ether oxygens (including phenoxy) is 1. The molecule has 0 saturated carbocycles. The molecule has 0 unspecified atom stereocenters. The molecule has 9 heteroatoms. The lowest BCUT2D eigenvalue weighted by Gasteiger charge is -2.35. The van der Waals surface area contributed by atoms with Gasteiger partial charge in [0.05, 0.1) is 27.6 Å². The summed E-state index contributed by atoms with van der Waals surface area (Å²) in [7, 11) is 0. The molecule has 29 heavy (non-hydrogen) atoms. The zero-order valence-electron chi connectivity index (χ0n) is 15.9. The minimum atomic E-state index is -0.448. The molecule has 2 aliphatic rings. The number of hydrogen-bond acceptors (Lipinski definition) is 7. The number of furan rings is 1. The van der Waals surface area contributed by atoms with Crippen molar-refractivity contribution in [1.29, 1.82) is 0 Å². The Morgan fingerprint density at radius 2 is 1.93 bits per heavy atom. The van der Waals surface area contributed by atoms with Crippen LogP contribution in [0.2, 0.25) is 0 Å². The monoisotopic (exact) mass is 413 g/mol. The minimum Gasteiger partial charge on any atom is -0.456 e. The van der Waals surface area contributed by atoms with Crippen LogP contribution >= 0.6 is 11.8 Å². The van der Waals surface area contributed by atoms with Crippen LogP contribution in [0.5, 0.6) is 0 Å². The van der Waals surface area contributed by atoms with Crippen molar-refractivity contribution >= 4 is 34.6 Å². The molecule has 3 heterocycles. The molecule has 2 aliphatic heterocycles. The maximum Gasteiger partial charge on any atom is 0.286 e. The second kappa shape index (κ2) is 7.84. The van der Waals surface area contributed by atoms with E-state index in [4.69, 9.17) is 9.15 Å². The summed E-state index contributed by atoms with van der Waals surface area (Å²) in [6.45, 7) is 5.35. The zero-order chi connectivity index (χ0) is 20.5. The molecule has 0 aliphatic carbocycles. The van der Waals surface area contributed by atoms with Crippen molar-refractivity contribution in [3.63, 3.8) is 0 Å². The maximum absolute atomic E-state index is 12.3. The van der Waals surface area contributed by atoms with Crippen LogP contribution in [0.15, 0.2) is 50.7 Å². The van der Waals surface area contributed by atoms with Gasteiger partial charge < -0.3 is 14.1 Å². The number of nitrogens with zero attached hydrogens (tertiary/aromatic N) is 3. The van der Waals surface area contributed by atoms with Gasteiger partial charge in [-0.05, 0) is 43.8 Å². The van der Waals surface area contributed by atoms with Crippen molar-refractivity contribution in [1.82, 2.24) is 4.90 Å². The van der Waals surface area contributed by atoms with Crippen LogP contribution in [-0.4, -0.2) is 46.2 Å². The molecule has 0 bridgehead atoms. The number of nitro groups is 1. The van der Waals surface area contributed by atoms with Crippen LogP contribution in [0.25, 0.3) is 17.4 Å². The van der Waals surface area contributed by atoms with Gasteiger partial charge in [-0.3, -0.25) is 14.9 Å². The van der Waals surface area contributed by atoms with E-state index < -0.39 is 4.92 Å². The Morgan fingerprint density at radius 1 is 1.21 bits per heavy atom. The van der Waals surface area contributed by atoms with Crippen LogP contribution in [0.1, 0.15) is 19.6 Å². The summed E-state index contributed by atoms with van der Waals surface area (Å²) < 4.78 is 11.5. The molecule has 8 nitrogen and oxygen atoms in total. The van der Waals surface area contributed by atoms with E-state index in [0.717, 1.165) is 0 Å². The van der Waals surface area contributed by atoms with Gasteiger partial charge in [-0.1, -0.05) is 12.1 Å². The second-order valence-corrected chi connectivity index (χ2v) is 7.96. The van der Waals surface area contributed by atoms with Crippen molar-refractivity contribution in [3.8, 4) is 11.3 Å². The summed E-state index contributed by atoms with van der Waals surface area (Å²) >= 11 is 1.30. The molecule has 2 aromatic rings. The van der Waals surface area contributed by atoms with E-state index in [1.54, 1.807) is 36.4 Å². The molecule has 1 saturated heterocycles. The fourth-order valence-corrected chi connectivity index (χ4v) is 4.32. The first-order valence-electron chi connectivity index (χ1n) is 9.17. The number of morpholine rings is 1. The van der Waals surface area contributed by atoms with Gasteiger partial charge in [-0.15, -0.1) is 0 Å². The number of thioether (sulfide) groups is 1. The Hall–Kier alpha value is -2.91. The summed E-state index contributed by atoms with van der Waals surface area (Å²) in [6.07, 6.45) is 1.76. The number of para-hydroxylation sites is 1. The zero-order valence-corrected chi connectivity index (χ0v) is 16.7. The van der Waals surface area contributed by atoms with Gasteiger partial charge in [0.2, 0.25) is 0 Å². The van der Waals surface area contributed by atoms with Crippen LogP contribution in [0.4, 0.5) is 5.69 Å². The molecule has 1 fully saturated rings. The number of amides is 1. The number of aliphatic imine (C=N–C) groups is 1. The van der Waals surface area contributed by atoms with Gasteiger partial charge in [0.15, 0.2) is 5.17 Å². The fourth-order valence-electron chi connectivity index (χ4n) is 3.41. The quantitative estimate of drug-likeness (QED) is 0.427. The fraction of sp³-hybridized carbons (Fsp3) is 0.300. The number of carbonyl (C=O) groups excluding carboxylic acids is 1. The van der Waals surface area contributed by atoms with Crippen molar-refractivity contribution in [2.45, 2.75) is 26.1 Å². The number of hydrogen-bond donors (Lipinski definition) is 0. The van der Waals surface area contributed by atoms with E-state index in [0.29, 0.717) is 40.2 Å². The average molecular weight is 413 g/mol. The van der Waals surface area contributed by atoms with Crippen molar-refractivity contribution in [2.24, 2.45) is 4.99 Å². The number of benzene rings is 1. The number of nitro benzene ring substituents is 1. The summed E-state index contributed by atoms with van der Waals surface area (Å²) in [5, 5.41) is 11.9. The molecule has 2 atom stereocenters. The summed E-state index contributed by atoms with van der Waals surface area (Å²) in [5.41, 5.74) is 0.356. The van der Waals surface area contributed by atoms with E-state index in [2.05, 4.69) is 9.89 Å². The Kier molecular flexibility index (Phi) is 5.25. The maximum atomic E-state index is 12.3.